The molecule has 2 heterocycles. The first-order chi connectivity index (χ1) is 13.3. The van der Waals surface area contributed by atoms with E-state index in [0.29, 0.717) is 18.7 Å². The zero-order chi connectivity index (χ0) is 18.9. The van der Waals surface area contributed by atoms with Crippen LogP contribution in [0.15, 0.2) is 23.3 Å². The molecule has 0 radical (unpaired) electrons. The summed E-state index contributed by atoms with van der Waals surface area (Å²) < 4.78 is 6.01. The first kappa shape index (κ1) is 23.2. The standard InChI is InChI=1S/C21H35N5O.HI/c1-3-22-21(25-16-18-8-7-13-26(18)4-2)24-15-17-11-12-23-20(14-17)27-19-9-5-6-10-19;/h11-12,14,18-19H,3-10,13,15-16H2,1-2H3,(H2,22,24,25);1H. The van der Waals surface area contributed by atoms with Crippen LogP contribution in [0, 0.1) is 0 Å². The van der Waals surface area contributed by atoms with Crippen LogP contribution in [0.3, 0.4) is 0 Å². The Bertz CT molecular complexity index is 606. The summed E-state index contributed by atoms with van der Waals surface area (Å²) in [7, 11) is 0. The van der Waals surface area contributed by atoms with Gasteiger partial charge in [0.25, 0.3) is 0 Å². The third kappa shape index (κ3) is 7.06. The van der Waals surface area contributed by atoms with E-state index in [-0.39, 0.29) is 24.0 Å². The summed E-state index contributed by atoms with van der Waals surface area (Å²) in [6, 6.07) is 4.66. The van der Waals surface area contributed by atoms with Crippen molar-refractivity contribution in [1.82, 2.24) is 20.5 Å². The lowest BCUT2D eigenvalue weighted by molar-refractivity contribution is 0.201. The van der Waals surface area contributed by atoms with Crippen molar-refractivity contribution in [2.45, 2.75) is 71.1 Å². The van der Waals surface area contributed by atoms with Gasteiger partial charge in [0.05, 0.1) is 6.54 Å². The van der Waals surface area contributed by atoms with Crippen molar-refractivity contribution in [3.63, 3.8) is 0 Å². The number of aromatic nitrogens is 1. The van der Waals surface area contributed by atoms with Crippen molar-refractivity contribution in [2.75, 3.05) is 26.2 Å². The van der Waals surface area contributed by atoms with E-state index in [4.69, 9.17) is 9.73 Å². The first-order valence-electron chi connectivity index (χ1n) is 10.7. The van der Waals surface area contributed by atoms with Crippen LogP contribution in [0.2, 0.25) is 0 Å². The smallest absolute Gasteiger partial charge is 0.213 e. The zero-order valence-electron chi connectivity index (χ0n) is 17.3. The Balaban J connectivity index is 0.00000280. The minimum absolute atomic E-state index is 0. The van der Waals surface area contributed by atoms with Crippen LogP contribution in [-0.2, 0) is 6.54 Å². The summed E-state index contributed by atoms with van der Waals surface area (Å²) in [5.41, 5.74) is 1.13. The van der Waals surface area contributed by atoms with Gasteiger partial charge in [-0.15, -0.1) is 24.0 Å². The molecular weight excluding hydrogens is 465 g/mol. The molecule has 1 saturated heterocycles. The Kier molecular flexibility index (Phi) is 10.3. The molecule has 1 aromatic rings. The predicted octanol–water partition coefficient (Wildman–Crippen LogP) is 3.56. The van der Waals surface area contributed by atoms with Crippen molar-refractivity contribution in [3.05, 3.63) is 23.9 Å². The van der Waals surface area contributed by atoms with Gasteiger partial charge in [-0.2, -0.15) is 0 Å². The number of ether oxygens (including phenoxy) is 1. The van der Waals surface area contributed by atoms with Crippen molar-refractivity contribution in [3.8, 4) is 5.88 Å². The number of hydrogen-bond donors (Lipinski definition) is 2. The summed E-state index contributed by atoms with van der Waals surface area (Å²) in [4.78, 5) is 11.7. The van der Waals surface area contributed by atoms with Crippen molar-refractivity contribution < 1.29 is 4.74 Å². The zero-order valence-corrected chi connectivity index (χ0v) is 19.7. The van der Waals surface area contributed by atoms with Gasteiger partial charge in [-0.1, -0.05) is 6.92 Å². The second-order valence-corrected chi connectivity index (χ2v) is 7.53. The number of halogens is 1. The number of hydrogen-bond acceptors (Lipinski definition) is 4. The summed E-state index contributed by atoms with van der Waals surface area (Å²) >= 11 is 0. The molecule has 1 unspecified atom stereocenters. The fourth-order valence-electron chi connectivity index (χ4n) is 4.06. The fraction of sp³-hybridized carbons (Fsp3) is 0.714. The Morgan fingerprint density at radius 1 is 1.21 bits per heavy atom. The molecule has 0 amide bonds. The number of nitrogens with one attached hydrogen (secondary N) is 2. The maximum absolute atomic E-state index is 6.01. The minimum atomic E-state index is 0. The molecule has 158 valence electrons. The molecule has 2 aliphatic rings. The van der Waals surface area contributed by atoms with Gasteiger partial charge in [0.15, 0.2) is 5.96 Å². The van der Waals surface area contributed by atoms with E-state index in [2.05, 4.69) is 34.4 Å². The van der Waals surface area contributed by atoms with E-state index in [0.717, 1.165) is 49.9 Å². The van der Waals surface area contributed by atoms with Crippen LogP contribution < -0.4 is 15.4 Å². The number of guanidine groups is 1. The largest absolute Gasteiger partial charge is 0.474 e. The molecule has 2 N–H and O–H groups in total. The maximum Gasteiger partial charge on any atom is 0.213 e. The van der Waals surface area contributed by atoms with Gasteiger partial charge in [-0.25, -0.2) is 9.98 Å². The molecule has 1 atom stereocenters. The Morgan fingerprint density at radius 2 is 2.04 bits per heavy atom. The van der Waals surface area contributed by atoms with Crippen LogP contribution in [0.5, 0.6) is 5.88 Å². The fourth-order valence-corrected chi connectivity index (χ4v) is 4.06. The summed E-state index contributed by atoms with van der Waals surface area (Å²) in [6.45, 7) is 9.13. The molecule has 0 bridgehead atoms. The highest BCUT2D eigenvalue weighted by Crippen LogP contribution is 2.23. The normalized spacial score (nSPS) is 20.8. The van der Waals surface area contributed by atoms with E-state index < -0.39 is 0 Å². The second kappa shape index (κ2) is 12.5. The van der Waals surface area contributed by atoms with Gasteiger partial charge in [0.2, 0.25) is 5.88 Å². The molecular formula is C21H36IN5O. The predicted molar refractivity (Wildman–Crippen MR) is 126 cm³/mol. The van der Waals surface area contributed by atoms with E-state index in [1.165, 1.54) is 32.2 Å². The number of aliphatic imine (C=N–C) groups is 1. The molecule has 3 rings (SSSR count). The number of pyridine rings is 1. The minimum Gasteiger partial charge on any atom is -0.474 e. The van der Waals surface area contributed by atoms with Crippen molar-refractivity contribution in [1.29, 1.82) is 0 Å². The molecule has 2 fully saturated rings. The topological polar surface area (TPSA) is 61.8 Å². The van der Waals surface area contributed by atoms with Gasteiger partial charge in [0.1, 0.15) is 6.10 Å². The van der Waals surface area contributed by atoms with Crippen LogP contribution in [0.25, 0.3) is 0 Å². The summed E-state index contributed by atoms with van der Waals surface area (Å²) in [6.07, 6.45) is 9.56. The third-order valence-electron chi connectivity index (χ3n) is 5.56. The van der Waals surface area contributed by atoms with Gasteiger partial charge >= 0.3 is 0 Å². The maximum atomic E-state index is 6.01. The lowest BCUT2D eigenvalue weighted by Crippen LogP contribution is -2.44. The SMILES string of the molecule is CCNC(=NCc1ccnc(OC2CCCC2)c1)NCC1CCCN1CC.I. The van der Waals surface area contributed by atoms with Gasteiger partial charge in [-0.05, 0) is 70.2 Å². The summed E-state index contributed by atoms with van der Waals surface area (Å²) in [5, 5.41) is 6.88. The lowest BCUT2D eigenvalue weighted by Gasteiger charge is -2.24. The van der Waals surface area contributed by atoms with Crippen LogP contribution in [0.4, 0.5) is 0 Å². The third-order valence-corrected chi connectivity index (χ3v) is 5.56. The Labute approximate surface area is 186 Å². The summed E-state index contributed by atoms with van der Waals surface area (Å²) in [5.74, 6) is 1.62. The molecule has 1 aliphatic heterocycles. The van der Waals surface area contributed by atoms with Crippen molar-refractivity contribution >= 4 is 29.9 Å². The molecule has 0 spiro atoms. The highest BCUT2D eigenvalue weighted by molar-refractivity contribution is 14.0. The Morgan fingerprint density at radius 3 is 2.79 bits per heavy atom. The van der Waals surface area contributed by atoms with E-state index in [1.807, 2.05) is 18.3 Å². The molecule has 1 saturated carbocycles. The lowest BCUT2D eigenvalue weighted by atomic mass is 10.2. The average molecular weight is 501 g/mol. The molecule has 28 heavy (non-hydrogen) atoms. The molecule has 1 aromatic heterocycles. The van der Waals surface area contributed by atoms with E-state index >= 15 is 0 Å². The number of likely N-dealkylation sites (tertiary alicyclic amines) is 1. The van der Waals surface area contributed by atoms with Crippen LogP contribution in [0.1, 0.15) is 57.9 Å². The van der Waals surface area contributed by atoms with Crippen LogP contribution in [-0.4, -0.2) is 54.2 Å². The average Bonchev–Trinajstić information content (AvgIpc) is 3.36. The van der Waals surface area contributed by atoms with E-state index in [1.54, 1.807) is 0 Å². The molecule has 0 aromatic carbocycles. The van der Waals surface area contributed by atoms with Crippen LogP contribution >= 0.6 is 24.0 Å². The van der Waals surface area contributed by atoms with Crippen molar-refractivity contribution in [2.24, 2.45) is 4.99 Å². The highest BCUT2D eigenvalue weighted by Gasteiger charge is 2.22. The first-order valence-corrected chi connectivity index (χ1v) is 10.7. The monoisotopic (exact) mass is 501 g/mol. The van der Waals surface area contributed by atoms with E-state index in [9.17, 15) is 0 Å². The Hall–Kier alpha value is -1.09. The molecule has 1 aliphatic carbocycles. The quantitative estimate of drug-likeness (QED) is 0.324. The molecule has 7 heteroatoms. The van der Waals surface area contributed by atoms with Gasteiger partial charge < -0.3 is 15.4 Å². The highest BCUT2D eigenvalue weighted by atomic mass is 127. The number of nitrogens with zero attached hydrogens (tertiary/aromatic N) is 3. The second-order valence-electron chi connectivity index (χ2n) is 7.53. The molecule has 6 nitrogen and oxygen atoms in total. The number of likely N-dealkylation sites (N-methyl/N-ethyl adjacent to an activating group) is 1. The van der Waals surface area contributed by atoms with Gasteiger partial charge in [0, 0.05) is 31.4 Å². The number of rotatable bonds is 8. The van der Waals surface area contributed by atoms with Gasteiger partial charge in [-0.3, -0.25) is 4.90 Å².